The van der Waals surface area contributed by atoms with Gasteiger partial charge in [-0.2, -0.15) is 0 Å². The van der Waals surface area contributed by atoms with Gasteiger partial charge in [0, 0.05) is 20.8 Å². The lowest BCUT2D eigenvalue weighted by Gasteiger charge is -2.04. The fraction of sp³-hybridized carbons (Fsp3) is 0.400. The molecule has 0 amide bonds. The topological polar surface area (TPSA) is 12.0 Å². The summed E-state index contributed by atoms with van der Waals surface area (Å²) >= 11 is 5.27. The van der Waals surface area contributed by atoms with Crippen LogP contribution in [0.2, 0.25) is 0 Å². The third-order valence-electron chi connectivity index (χ3n) is 1.74. The zero-order valence-corrected chi connectivity index (χ0v) is 10.1. The van der Waals surface area contributed by atoms with Crippen LogP contribution >= 0.6 is 27.3 Å². The number of rotatable bonds is 3. The Labute approximate surface area is 91.7 Å². The highest BCUT2D eigenvalue weighted by Gasteiger charge is 2.03. The van der Waals surface area contributed by atoms with E-state index in [1.807, 2.05) is 6.92 Å². The second-order valence-electron chi connectivity index (χ2n) is 2.89. The molecule has 0 aromatic carbocycles. The molecule has 1 aromatic rings. The number of hydrogen-bond donors (Lipinski definition) is 1. The molecule has 70 valence electrons. The van der Waals surface area contributed by atoms with Crippen LogP contribution in [0, 0.1) is 19.3 Å². The summed E-state index contributed by atoms with van der Waals surface area (Å²) in [5.41, 5.74) is 0. The SMILES string of the molecule is C#CC(C)NCc1cc(Br)c(C)s1. The van der Waals surface area contributed by atoms with Crippen molar-refractivity contribution >= 4 is 27.3 Å². The lowest BCUT2D eigenvalue weighted by molar-refractivity contribution is 0.654. The molecule has 0 radical (unpaired) electrons. The van der Waals surface area contributed by atoms with Crippen LogP contribution in [0.15, 0.2) is 10.5 Å². The van der Waals surface area contributed by atoms with E-state index in [1.54, 1.807) is 11.3 Å². The summed E-state index contributed by atoms with van der Waals surface area (Å²) in [5, 5.41) is 3.24. The smallest absolute Gasteiger partial charge is 0.0661 e. The van der Waals surface area contributed by atoms with Crippen LogP contribution in [0.3, 0.4) is 0 Å². The van der Waals surface area contributed by atoms with Crippen molar-refractivity contribution in [2.75, 3.05) is 0 Å². The summed E-state index contributed by atoms with van der Waals surface area (Å²) in [6.45, 7) is 4.93. The highest BCUT2D eigenvalue weighted by molar-refractivity contribution is 9.10. The minimum atomic E-state index is 0.140. The molecule has 0 bridgehead atoms. The molecule has 1 heterocycles. The molecule has 1 atom stereocenters. The van der Waals surface area contributed by atoms with Crippen LogP contribution in [0.4, 0.5) is 0 Å². The Morgan fingerprint density at radius 3 is 2.92 bits per heavy atom. The normalized spacial score (nSPS) is 12.5. The fourth-order valence-electron chi connectivity index (χ4n) is 0.918. The van der Waals surface area contributed by atoms with Crippen molar-refractivity contribution in [2.45, 2.75) is 26.4 Å². The van der Waals surface area contributed by atoms with E-state index in [0.29, 0.717) is 0 Å². The number of halogens is 1. The predicted molar refractivity (Wildman–Crippen MR) is 61.9 cm³/mol. The van der Waals surface area contributed by atoms with Gasteiger partial charge in [-0.3, -0.25) is 5.32 Å². The van der Waals surface area contributed by atoms with E-state index >= 15 is 0 Å². The summed E-state index contributed by atoms with van der Waals surface area (Å²) < 4.78 is 1.18. The maximum absolute atomic E-state index is 5.25. The van der Waals surface area contributed by atoms with E-state index < -0.39 is 0 Å². The van der Waals surface area contributed by atoms with Crippen molar-refractivity contribution in [3.05, 3.63) is 20.3 Å². The molecule has 1 unspecified atom stereocenters. The molecule has 3 heteroatoms. The van der Waals surface area contributed by atoms with E-state index in [4.69, 9.17) is 6.42 Å². The largest absolute Gasteiger partial charge is 0.299 e. The Morgan fingerprint density at radius 1 is 1.77 bits per heavy atom. The monoisotopic (exact) mass is 257 g/mol. The first-order valence-electron chi connectivity index (χ1n) is 4.08. The van der Waals surface area contributed by atoms with E-state index in [9.17, 15) is 0 Å². The second kappa shape index (κ2) is 4.80. The number of thiophene rings is 1. The third kappa shape index (κ3) is 3.15. The van der Waals surface area contributed by atoms with Crippen LogP contribution in [0.1, 0.15) is 16.7 Å². The van der Waals surface area contributed by atoms with Gasteiger partial charge in [-0.1, -0.05) is 5.92 Å². The third-order valence-corrected chi connectivity index (χ3v) is 3.88. The lowest BCUT2D eigenvalue weighted by Crippen LogP contribution is -2.22. The van der Waals surface area contributed by atoms with Crippen molar-refractivity contribution in [1.29, 1.82) is 0 Å². The van der Waals surface area contributed by atoms with E-state index in [0.717, 1.165) is 6.54 Å². The predicted octanol–water partition coefficient (Wildman–Crippen LogP) is 2.93. The zero-order chi connectivity index (χ0) is 9.84. The van der Waals surface area contributed by atoms with Gasteiger partial charge in [0.2, 0.25) is 0 Å². The van der Waals surface area contributed by atoms with Gasteiger partial charge in [0.1, 0.15) is 0 Å². The highest BCUT2D eigenvalue weighted by atomic mass is 79.9. The Bertz CT molecular complexity index is 305. The van der Waals surface area contributed by atoms with Gasteiger partial charge in [0.05, 0.1) is 6.04 Å². The van der Waals surface area contributed by atoms with Crippen LogP contribution in [-0.4, -0.2) is 6.04 Å². The minimum Gasteiger partial charge on any atom is -0.299 e. The summed E-state index contributed by atoms with van der Waals surface area (Å²) in [5.74, 6) is 2.64. The first-order valence-corrected chi connectivity index (χ1v) is 5.68. The molecular weight excluding hydrogens is 246 g/mol. The summed E-state index contributed by atoms with van der Waals surface area (Å²) in [6.07, 6.45) is 5.25. The first-order chi connectivity index (χ1) is 6.13. The van der Waals surface area contributed by atoms with Crippen molar-refractivity contribution in [3.63, 3.8) is 0 Å². The van der Waals surface area contributed by atoms with Crippen molar-refractivity contribution in [2.24, 2.45) is 0 Å². The van der Waals surface area contributed by atoms with Crippen LogP contribution in [0.25, 0.3) is 0 Å². The van der Waals surface area contributed by atoms with E-state index in [2.05, 4.69) is 40.2 Å². The summed E-state index contributed by atoms with van der Waals surface area (Å²) in [7, 11) is 0. The average molecular weight is 258 g/mol. The van der Waals surface area contributed by atoms with Crippen LogP contribution in [-0.2, 0) is 6.54 Å². The molecule has 1 nitrogen and oxygen atoms in total. The Hall–Kier alpha value is -0.300. The fourth-order valence-corrected chi connectivity index (χ4v) is 2.47. The summed E-state index contributed by atoms with van der Waals surface area (Å²) in [6, 6.07) is 2.28. The molecule has 13 heavy (non-hydrogen) atoms. The number of nitrogens with one attached hydrogen (secondary N) is 1. The first kappa shape index (κ1) is 10.8. The van der Waals surface area contributed by atoms with Gasteiger partial charge in [-0.05, 0) is 35.8 Å². The van der Waals surface area contributed by atoms with Crippen molar-refractivity contribution < 1.29 is 0 Å². The maximum atomic E-state index is 5.25. The molecule has 1 aromatic heterocycles. The second-order valence-corrected chi connectivity index (χ2v) is 5.08. The Balaban J connectivity index is 2.51. The molecule has 1 N–H and O–H groups in total. The Kier molecular flexibility index (Phi) is 3.98. The summed E-state index contributed by atoms with van der Waals surface area (Å²) in [4.78, 5) is 2.62. The molecule has 1 rings (SSSR count). The van der Waals surface area contributed by atoms with Gasteiger partial charge < -0.3 is 0 Å². The van der Waals surface area contributed by atoms with Gasteiger partial charge in [0.25, 0.3) is 0 Å². The molecule has 0 spiro atoms. The molecule has 0 fully saturated rings. The van der Waals surface area contributed by atoms with E-state index in [-0.39, 0.29) is 6.04 Å². The number of terminal acetylenes is 1. The van der Waals surface area contributed by atoms with Gasteiger partial charge in [-0.25, -0.2) is 0 Å². The standard InChI is InChI=1S/C10H12BrNS/c1-4-7(2)12-6-9-5-10(11)8(3)13-9/h1,5,7,12H,6H2,2-3H3. The number of hydrogen-bond acceptors (Lipinski definition) is 2. The van der Waals surface area contributed by atoms with Crippen LogP contribution < -0.4 is 5.32 Å². The molecule has 0 saturated heterocycles. The molecular formula is C10H12BrNS. The lowest BCUT2D eigenvalue weighted by atomic mass is 10.3. The quantitative estimate of drug-likeness (QED) is 0.822. The molecule has 0 aliphatic carbocycles. The average Bonchev–Trinajstić information content (AvgIpc) is 2.42. The minimum absolute atomic E-state index is 0.140. The molecule has 0 aliphatic heterocycles. The molecule has 0 aliphatic rings. The van der Waals surface area contributed by atoms with Crippen LogP contribution in [0.5, 0.6) is 0 Å². The van der Waals surface area contributed by atoms with Gasteiger partial charge in [-0.15, -0.1) is 17.8 Å². The molecule has 0 saturated carbocycles. The number of aryl methyl sites for hydroxylation is 1. The van der Waals surface area contributed by atoms with E-state index in [1.165, 1.54) is 14.2 Å². The highest BCUT2D eigenvalue weighted by Crippen LogP contribution is 2.26. The Morgan fingerprint density at radius 2 is 2.46 bits per heavy atom. The zero-order valence-electron chi connectivity index (χ0n) is 7.73. The maximum Gasteiger partial charge on any atom is 0.0661 e. The van der Waals surface area contributed by atoms with Gasteiger partial charge >= 0.3 is 0 Å². The van der Waals surface area contributed by atoms with Gasteiger partial charge in [0.15, 0.2) is 0 Å². The van der Waals surface area contributed by atoms with Crippen molar-refractivity contribution in [1.82, 2.24) is 5.32 Å². The van der Waals surface area contributed by atoms with Crippen molar-refractivity contribution in [3.8, 4) is 12.3 Å².